The Balaban J connectivity index is 1.19. The highest BCUT2D eigenvalue weighted by molar-refractivity contribution is 6.39. The summed E-state index contributed by atoms with van der Waals surface area (Å²) in [6, 6.07) is 9.56. The number of likely N-dealkylation sites (tertiary alicyclic amines) is 2. The van der Waals surface area contributed by atoms with Crippen LogP contribution in [0.1, 0.15) is 41.0 Å². The minimum atomic E-state index is -0.901. The van der Waals surface area contributed by atoms with Crippen LogP contribution >= 0.6 is 23.2 Å². The third kappa shape index (κ3) is 5.40. The molecule has 2 amide bonds. The van der Waals surface area contributed by atoms with E-state index >= 15 is 4.39 Å². The van der Waals surface area contributed by atoms with Crippen molar-refractivity contribution in [3.05, 3.63) is 89.9 Å². The second-order valence-corrected chi connectivity index (χ2v) is 13.7. The van der Waals surface area contributed by atoms with E-state index < -0.39 is 28.7 Å². The Kier molecular flexibility index (Phi) is 8.12. The predicted octanol–water partition coefficient (Wildman–Crippen LogP) is 4.07. The number of carbonyl (C=O) groups is 2. The lowest BCUT2D eigenvalue weighted by atomic mass is 9.72. The van der Waals surface area contributed by atoms with Gasteiger partial charge in [0, 0.05) is 80.9 Å². The van der Waals surface area contributed by atoms with Crippen LogP contribution in [-0.4, -0.2) is 74.2 Å². The van der Waals surface area contributed by atoms with Gasteiger partial charge in [0.2, 0.25) is 17.5 Å². The molecule has 2 aromatic heterocycles. The first kappa shape index (κ1) is 32.9. The Morgan fingerprint density at radius 1 is 1.04 bits per heavy atom. The average molecular weight is 709 g/mol. The highest BCUT2D eigenvalue weighted by atomic mass is 35.5. The standard InChI is InChI=1S/C34H32Cl2FN7O5/c1-17(45)43-13-34(14-43)15-44(16-34)24-11-8-18-12-23(39-31(49-4)25(18)24)19-9-10-21(37)26(28(19)36)20-6-5-7-22(27(20)35)38-30(46)29-32(47)41(2)33(48)42(3)40-29/h5-7,9-10,12,24H,8,11,13-16H2,1-4H3,(H,38,46)/t24-/m0/s1. The Hall–Kier alpha value is -4.59. The van der Waals surface area contributed by atoms with Crippen LogP contribution in [0, 0.1) is 11.2 Å². The number of hydrogen-bond donors (Lipinski definition) is 1. The number of aromatic nitrogens is 4. The van der Waals surface area contributed by atoms with Crippen molar-refractivity contribution >= 4 is 40.7 Å². The van der Waals surface area contributed by atoms with Crippen molar-refractivity contribution in [1.29, 1.82) is 0 Å². The maximum atomic E-state index is 15.6. The summed E-state index contributed by atoms with van der Waals surface area (Å²) in [5, 5.41) is 6.38. The zero-order valence-electron chi connectivity index (χ0n) is 27.1. The molecular formula is C34H32Cl2FN7O5. The van der Waals surface area contributed by atoms with E-state index in [0.717, 1.165) is 59.4 Å². The summed E-state index contributed by atoms with van der Waals surface area (Å²) in [4.78, 5) is 58.5. The molecule has 1 atom stereocenters. The van der Waals surface area contributed by atoms with Gasteiger partial charge in [-0.2, -0.15) is 5.10 Å². The largest absolute Gasteiger partial charge is 0.481 e. The molecule has 1 aliphatic carbocycles. The number of methoxy groups -OCH3 is 1. The maximum Gasteiger partial charge on any atom is 0.346 e. The smallest absolute Gasteiger partial charge is 0.346 e. The molecule has 0 unspecified atom stereocenters. The molecular weight excluding hydrogens is 676 g/mol. The Bertz CT molecular complexity index is 2190. The molecule has 3 aliphatic rings. The van der Waals surface area contributed by atoms with Gasteiger partial charge < -0.3 is 15.0 Å². The van der Waals surface area contributed by atoms with Crippen molar-refractivity contribution in [2.45, 2.75) is 25.8 Å². The number of nitrogens with zero attached hydrogens (tertiary/aromatic N) is 6. The van der Waals surface area contributed by atoms with E-state index in [1.165, 1.54) is 26.2 Å². The van der Waals surface area contributed by atoms with Crippen LogP contribution in [0.2, 0.25) is 10.0 Å². The lowest BCUT2D eigenvalue weighted by Gasteiger charge is -2.61. The van der Waals surface area contributed by atoms with Gasteiger partial charge in [-0.05, 0) is 42.7 Å². The lowest BCUT2D eigenvalue weighted by Crippen LogP contribution is -2.72. The lowest BCUT2D eigenvalue weighted by molar-refractivity contribution is -0.161. The summed E-state index contributed by atoms with van der Waals surface area (Å²) in [5.74, 6) is -0.950. The van der Waals surface area contributed by atoms with Crippen molar-refractivity contribution < 1.29 is 18.7 Å². The van der Waals surface area contributed by atoms with Gasteiger partial charge in [-0.3, -0.25) is 23.9 Å². The number of nitrogens with one attached hydrogen (secondary N) is 1. The van der Waals surface area contributed by atoms with Crippen LogP contribution in [0.4, 0.5) is 10.1 Å². The van der Waals surface area contributed by atoms with Crippen molar-refractivity contribution in [3.63, 3.8) is 0 Å². The summed E-state index contributed by atoms with van der Waals surface area (Å²) in [6.07, 6.45) is 1.71. The summed E-state index contributed by atoms with van der Waals surface area (Å²) in [6.45, 7) is 5.02. The summed E-state index contributed by atoms with van der Waals surface area (Å²) in [7, 11) is 4.13. The fourth-order valence-corrected chi connectivity index (χ4v) is 7.92. The predicted molar refractivity (Wildman–Crippen MR) is 182 cm³/mol. The summed E-state index contributed by atoms with van der Waals surface area (Å²) in [5.41, 5.74) is 1.45. The molecule has 1 spiro atoms. The van der Waals surface area contributed by atoms with Gasteiger partial charge in [0.05, 0.1) is 28.5 Å². The first-order valence-corrected chi connectivity index (χ1v) is 16.4. The molecule has 12 nitrogen and oxygen atoms in total. The Labute approximate surface area is 290 Å². The topological polar surface area (TPSA) is 132 Å². The number of aryl methyl sites for hydroxylation is 2. The molecule has 0 radical (unpaired) electrons. The number of fused-ring (bicyclic) bond motifs is 1. The first-order valence-electron chi connectivity index (χ1n) is 15.6. The fraction of sp³-hybridized carbons (Fsp3) is 0.353. The van der Waals surface area contributed by atoms with Crippen LogP contribution in [-0.2, 0) is 25.3 Å². The van der Waals surface area contributed by atoms with Gasteiger partial charge in [-0.1, -0.05) is 35.3 Å². The van der Waals surface area contributed by atoms with E-state index in [4.69, 9.17) is 32.9 Å². The quantitative estimate of drug-likeness (QED) is 0.318. The Morgan fingerprint density at radius 3 is 2.47 bits per heavy atom. The molecule has 2 aliphatic heterocycles. The average Bonchev–Trinajstić information content (AvgIpc) is 3.45. The van der Waals surface area contributed by atoms with E-state index in [1.807, 2.05) is 11.0 Å². The number of benzene rings is 2. The monoisotopic (exact) mass is 707 g/mol. The minimum absolute atomic E-state index is 0.00142. The highest BCUT2D eigenvalue weighted by Gasteiger charge is 2.55. The fourth-order valence-electron chi connectivity index (χ4n) is 7.30. The highest BCUT2D eigenvalue weighted by Crippen LogP contribution is 2.50. The van der Waals surface area contributed by atoms with E-state index in [0.29, 0.717) is 17.1 Å². The normalized spacial score (nSPS) is 17.8. The SMILES string of the molecule is COc1nc(-c2ccc(F)c(-c3cccc(NC(=O)c4nn(C)c(=O)n(C)c4=O)c3Cl)c2Cl)cc2c1[C@@H](N1CC3(CN(C(C)=O)C3)C1)CC2. The minimum Gasteiger partial charge on any atom is -0.481 e. The number of carbonyl (C=O) groups excluding carboxylic acids is 2. The molecule has 49 heavy (non-hydrogen) atoms. The van der Waals surface area contributed by atoms with Gasteiger partial charge in [-0.15, -0.1) is 0 Å². The van der Waals surface area contributed by atoms with Crippen molar-refractivity contribution in [3.8, 4) is 28.3 Å². The van der Waals surface area contributed by atoms with Gasteiger partial charge in [0.25, 0.3) is 11.5 Å². The number of ether oxygens (including phenoxy) is 1. The van der Waals surface area contributed by atoms with E-state index in [9.17, 15) is 19.2 Å². The van der Waals surface area contributed by atoms with Gasteiger partial charge >= 0.3 is 5.69 Å². The maximum absolute atomic E-state index is 15.6. The second kappa shape index (κ2) is 12.1. The van der Waals surface area contributed by atoms with Gasteiger partial charge in [0.1, 0.15) is 5.82 Å². The van der Waals surface area contributed by atoms with Crippen LogP contribution in [0.25, 0.3) is 22.4 Å². The molecule has 4 heterocycles. The van der Waals surface area contributed by atoms with E-state index in [1.54, 1.807) is 32.2 Å². The van der Waals surface area contributed by atoms with Crippen molar-refractivity contribution in [2.75, 3.05) is 38.6 Å². The third-order valence-electron chi connectivity index (χ3n) is 9.76. The molecule has 15 heteroatoms. The van der Waals surface area contributed by atoms with Gasteiger partial charge in [-0.25, -0.2) is 18.9 Å². The first-order chi connectivity index (χ1) is 23.3. The van der Waals surface area contributed by atoms with Crippen LogP contribution in [0.15, 0.2) is 46.0 Å². The van der Waals surface area contributed by atoms with Gasteiger partial charge in [0.15, 0.2) is 0 Å². The number of anilines is 1. The van der Waals surface area contributed by atoms with E-state index in [-0.39, 0.29) is 44.2 Å². The number of halogens is 3. The molecule has 2 saturated heterocycles. The molecule has 2 fully saturated rings. The molecule has 0 saturated carbocycles. The number of amides is 2. The molecule has 0 bridgehead atoms. The number of hydrogen-bond acceptors (Lipinski definition) is 8. The molecule has 1 N–H and O–H groups in total. The molecule has 7 rings (SSSR count). The Morgan fingerprint density at radius 2 is 1.78 bits per heavy atom. The zero-order chi connectivity index (χ0) is 34.9. The third-order valence-corrected chi connectivity index (χ3v) is 10.6. The van der Waals surface area contributed by atoms with E-state index in [2.05, 4.69) is 15.3 Å². The van der Waals surface area contributed by atoms with Crippen molar-refractivity contribution in [2.24, 2.45) is 19.5 Å². The van der Waals surface area contributed by atoms with Crippen molar-refractivity contribution in [1.82, 2.24) is 29.1 Å². The second-order valence-electron chi connectivity index (χ2n) is 12.9. The van der Waals surface area contributed by atoms with Crippen LogP contribution in [0.3, 0.4) is 0 Å². The number of rotatable bonds is 6. The zero-order valence-corrected chi connectivity index (χ0v) is 28.7. The number of pyridine rings is 1. The summed E-state index contributed by atoms with van der Waals surface area (Å²) >= 11 is 13.7. The van der Waals surface area contributed by atoms with Crippen LogP contribution in [0.5, 0.6) is 5.88 Å². The summed E-state index contributed by atoms with van der Waals surface area (Å²) < 4.78 is 23.0. The molecule has 4 aromatic rings. The molecule has 254 valence electrons. The molecule has 2 aromatic carbocycles. The van der Waals surface area contributed by atoms with Crippen LogP contribution < -0.4 is 21.3 Å².